The van der Waals surface area contributed by atoms with Crippen LogP contribution in [0.15, 0.2) is 97.1 Å². The Hall–Kier alpha value is -3.96. The van der Waals surface area contributed by atoms with E-state index in [1.165, 1.54) is 16.7 Å². The molecule has 0 saturated carbocycles. The van der Waals surface area contributed by atoms with Crippen LogP contribution in [0.5, 0.6) is 0 Å². The third-order valence-corrected chi connectivity index (χ3v) is 6.07. The Labute approximate surface area is 182 Å². The fourth-order valence-electron chi connectivity index (χ4n) is 4.71. The van der Waals surface area contributed by atoms with Crippen molar-refractivity contribution in [3.63, 3.8) is 0 Å². The lowest BCUT2D eigenvalue weighted by Crippen LogP contribution is -2.20. The number of fused-ring (bicyclic) bond motifs is 1. The monoisotopic (exact) mass is 399 g/mol. The van der Waals surface area contributed by atoms with Crippen molar-refractivity contribution in [2.24, 2.45) is 0 Å². The van der Waals surface area contributed by atoms with E-state index in [1.807, 2.05) is 36.4 Å². The van der Waals surface area contributed by atoms with E-state index in [2.05, 4.69) is 66.7 Å². The topological polar surface area (TPSA) is 40.9 Å². The van der Waals surface area contributed by atoms with Crippen molar-refractivity contribution in [1.82, 2.24) is 0 Å². The molecule has 1 aliphatic rings. The summed E-state index contributed by atoms with van der Waals surface area (Å²) < 4.78 is 0. The summed E-state index contributed by atoms with van der Waals surface area (Å²) >= 11 is 0. The molecule has 4 aromatic rings. The lowest BCUT2D eigenvalue weighted by atomic mass is 9.73. The quantitative estimate of drug-likeness (QED) is 0.392. The van der Waals surface area contributed by atoms with Crippen molar-refractivity contribution in [3.05, 3.63) is 119 Å². The molecule has 0 radical (unpaired) electrons. The van der Waals surface area contributed by atoms with Gasteiger partial charge >= 0.3 is 0 Å². The second-order valence-electron chi connectivity index (χ2n) is 8.00. The first-order valence-corrected chi connectivity index (χ1v) is 10.5. The van der Waals surface area contributed by atoms with Crippen molar-refractivity contribution in [3.8, 4) is 28.3 Å². The Kier molecular flexibility index (Phi) is 4.94. The Morgan fingerprint density at radius 1 is 0.774 bits per heavy atom. The molecular formula is C29H21NO. The highest BCUT2D eigenvalue weighted by molar-refractivity contribution is 5.92. The van der Waals surface area contributed by atoms with E-state index in [9.17, 15) is 10.1 Å². The molecule has 4 aromatic carbocycles. The van der Waals surface area contributed by atoms with Gasteiger partial charge in [0.1, 0.15) is 5.78 Å². The zero-order chi connectivity index (χ0) is 21.2. The molecule has 0 amide bonds. The number of benzene rings is 4. The SMILES string of the molecule is N#Cc1cccc(C2CC(=O)Cc3ccc(-c4ccccc4)c(-c4ccccc4)c32)c1. The minimum Gasteiger partial charge on any atom is -0.299 e. The number of Topliss-reactive ketones (excluding diaryl/α,β-unsaturated/α-hetero) is 1. The van der Waals surface area contributed by atoms with Crippen LogP contribution in [0.4, 0.5) is 0 Å². The molecule has 1 atom stereocenters. The molecule has 0 spiro atoms. The standard InChI is InChI=1S/C29H21NO/c30-19-20-8-7-13-23(16-20)27-18-25(31)17-24-14-15-26(21-9-3-1-4-10-21)28(29(24)27)22-11-5-2-6-12-22/h1-16,27H,17-18H2. The fourth-order valence-corrected chi connectivity index (χ4v) is 4.71. The van der Waals surface area contributed by atoms with Crippen LogP contribution in [-0.4, -0.2) is 5.78 Å². The first-order valence-electron chi connectivity index (χ1n) is 10.5. The Morgan fingerprint density at radius 2 is 1.48 bits per heavy atom. The summed E-state index contributed by atoms with van der Waals surface area (Å²) in [7, 11) is 0. The molecule has 2 nitrogen and oxygen atoms in total. The summed E-state index contributed by atoms with van der Waals surface area (Å²) in [5.74, 6) is 0.176. The molecule has 31 heavy (non-hydrogen) atoms. The molecule has 1 unspecified atom stereocenters. The van der Waals surface area contributed by atoms with Crippen LogP contribution in [0.25, 0.3) is 22.3 Å². The first-order chi connectivity index (χ1) is 15.2. The highest BCUT2D eigenvalue weighted by Crippen LogP contribution is 2.45. The van der Waals surface area contributed by atoms with Gasteiger partial charge in [-0.05, 0) is 51.1 Å². The minimum absolute atomic E-state index is 0.0663. The van der Waals surface area contributed by atoms with Gasteiger partial charge in [-0.2, -0.15) is 5.26 Å². The molecule has 0 aliphatic heterocycles. The maximum atomic E-state index is 12.7. The molecule has 0 bridgehead atoms. The minimum atomic E-state index is -0.0663. The predicted octanol–water partition coefficient (Wildman–Crippen LogP) is 6.54. The van der Waals surface area contributed by atoms with Crippen LogP contribution in [0.2, 0.25) is 0 Å². The van der Waals surface area contributed by atoms with Gasteiger partial charge in [0.05, 0.1) is 11.6 Å². The second kappa shape index (κ2) is 8.05. The molecule has 148 valence electrons. The molecule has 0 aromatic heterocycles. The van der Waals surface area contributed by atoms with Gasteiger partial charge in [-0.3, -0.25) is 4.79 Å². The third kappa shape index (κ3) is 3.56. The predicted molar refractivity (Wildman–Crippen MR) is 124 cm³/mol. The summed E-state index contributed by atoms with van der Waals surface area (Å²) in [6.45, 7) is 0. The van der Waals surface area contributed by atoms with Crippen LogP contribution in [0, 0.1) is 11.3 Å². The van der Waals surface area contributed by atoms with Crippen LogP contribution in [0.1, 0.15) is 34.6 Å². The van der Waals surface area contributed by atoms with Gasteiger partial charge in [0.2, 0.25) is 0 Å². The van der Waals surface area contributed by atoms with Gasteiger partial charge in [0, 0.05) is 18.8 Å². The second-order valence-corrected chi connectivity index (χ2v) is 8.00. The summed E-state index contributed by atoms with van der Waals surface area (Å²) in [6, 6.07) is 35.0. The highest BCUT2D eigenvalue weighted by Gasteiger charge is 2.31. The Bertz CT molecular complexity index is 1300. The zero-order valence-electron chi connectivity index (χ0n) is 17.1. The molecular weight excluding hydrogens is 378 g/mol. The highest BCUT2D eigenvalue weighted by atomic mass is 16.1. The number of hydrogen-bond acceptors (Lipinski definition) is 2. The number of carbonyl (C=O) groups excluding carboxylic acids is 1. The average molecular weight is 399 g/mol. The summed E-state index contributed by atoms with van der Waals surface area (Å²) in [5.41, 5.74) is 8.60. The van der Waals surface area contributed by atoms with Crippen molar-refractivity contribution in [1.29, 1.82) is 5.26 Å². The van der Waals surface area contributed by atoms with Gasteiger partial charge in [0.25, 0.3) is 0 Å². The summed E-state index contributed by atoms with van der Waals surface area (Å²) in [5, 5.41) is 9.42. The lowest BCUT2D eigenvalue weighted by molar-refractivity contribution is -0.119. The zero-order valence-corrected chi connectivity index (χ0v) is 17.1. The molecule has 0 fully saturated rings. The maximum absolute atomic E-state index is 12.7. The van der Waals surface area contributed by atoms with E-state index >= 15 is 0 Å². The van der Waals surface area contributed by atoms with E-state index < -0.39 is 0 Å². The van der Waals surface area contributed by atoms with Crippen LogP contribution < -0.4 is 0 Å². The van der Waals surface area contributed by atoms with Crippen molar-refractivity contribution in [2.45, 2.75) is 18.8 Å². The first kappa shape index (κ1) is 19.0. The number of ketones is 1. The lowest BCUT2D eigenvalue weighted by Gasteiger charge is -2.30. The number of hydrogen-bond donors (Lipinski definition) is 0. The van der Waals surface area contributed by atoms with Gasteiger partial charge in [-0.15, -0.1) is 0 Å². The number of carbonyl (C=O) groups is 1. The van der Waals surface area contributed by atoms with E-state index in [0.717, 1.165) is 22.3 Å². The maximum Gasteiger partial charge on any atom is 0.138 e. The summed E-state index contributed by atoms with van der Waals surface area (Å²) in [4.78, 5) is 12.7. The Balaban J connectivity index is 1.82. The molecule has 0 heterocycles. The Morgan fingerprint density at radius 3 is 2.19 bits per heavy atom. The normalized spacial score (nSPS) is 15.2. The van der Waals surface area contributed by atoms with Crippen LogP contribution in [-0.2, 0) is 11.2 Å². The average Bonchev–Trinajstić information content (AvgIpc) is 2.84. The fraction of sp³-hybridized carbons (Fsp3) is 0.103. The van der Waals surface area contributed by atoms with Gasteiger partial charge in [-0.25, -0.2) is 0 Å². The van der Waals surface area contributed by atoms with E-state index in [-0.39, 0.29) is 11.7 Å². The van der Waals surface area contributed by atoms with Crippen molar-refractivity contribution in [2.75, 3.05) is 0 Å². The van der Waals surface area contributed by atoms with Crippen molar-refractivity contribution >= 4 is 5.78 Å². The molecule has 2 heteroatoms. The van der Waals surface area contributed by atoms with Crippen LogP contribution >= 0.6 is 0 Å². The van der Waals surface area contributed by atoms with Crippen LogP contribution in [0.3, 0.4) is 0 Å². The number of rotatable bonds is 3. The van der Waals surface area contributed by atoms with Gasteiger partial charge in [0.15, 0.2) is 0 Å². The van der Waals surface area contributed by atoms with Gasteiger partial charge < -0.3 is 0 Å². The molecule has 0 N–H and O–H groups in total. The molecule has 1 aliphatic carbocycles. The van der Waals surface area contributed by atoms with E-state index in [1.54, 1.807) is 0 Å². The van der Waals surface area contributed by atoms with E-state index in [4.69, 9.17) is 0 Å². The molecule has 0 saturated heterocycles. The molecule has 5 rings (SSSR count). The third-order valence-electron chi connectivity index (χ3n) is 6.07. The number of nitrogens with zero attached hydrogens (tertiary/aromatic N) is 1. The van der Waals surface area contributed by atoms with Crippen molar-refractivity contribution < 1.29 is 4.79 Å². The number of nitriles is 1. The van der Waals surface area contributed by atoms with Gasteiger partial charge in [-0.1, -0.05) is 84.9 Å². The largest absolute Gasteiger partial charge is 0.299 e. The van der Waals surface area contributed by atoms with E-state index in [0.29, 0.717) is 18.4 Å². The summed E-state index contributed by atoms with van der Waals surface area (Å²) in [6.07, 6.45) is 0.915. The smallest absolute Gasteiger partial charge is 0.138 e.